The first kappa shape index (κ1) is 14.9. The molecule has 3 rings (SSSR count). The summed E-state index contributed by atoms with van der Waals surface area (Å²) in [6.07, 6.45) is 12.0. The van der Waals surface area contributed by atoms with E-state index in [1.165, 1.54) is 51.4 Å². The molecule has 0 radical (unpaired) electrons. The maximum absolute atomic E-state index is 2.64. The van der Waals surface area contributed by atoms with Crippen molar-refractivity contribution in [2.75, 3.05) is 0 Å². The largest absolute Gasteiger partial charge is 0.0622 e. The first-order valence-electron chi connectivity index (χ1n) is 9.34. The van der Waals surface area contributed by atoms with Gasteiger partial charge in [-0.3, -0.25) is 0 Å². The standard InChI is InChI=1S/C20H36/c1-14-7-6-11-20(5)12-10-17-15(2)8-9-16(13-18(14)20)19(17,3)4/h14-18H,6-13H2,1-5H3. The van der Waals surface area contributed by atoms with E-state index in [2.05, 4.69) is 34.6 Å². The van der Waals surface area contributed by atoms with Crippen molar-refractivity contribution in [1.29, 1.82) is 0 Å². The molecule has 20 heavy (non-hydrogen) atoms. The van der Waals surface area contributed by atoms with Crippen LogP contribution in [0, 0.1) is 40.4 Å². The van der Waals surface area contributed by atoms with Crippen molar-refractivity contribution >= 4 is 0 Å². The lowest BCUT2D eigenvalue weighted by Crippen LogP contribution is -2.48. The Labute approximate surface area is 127 Å². The van der Waals surface area contributed by atoms with Crippen LogP contribution in [0.1, 0.15) is 86.0 Å². The van der Waals surface area contributed by atoms with Gasteiger partial charge in [0.25, 0.3) is 0 Å². The van der Waals surface area contributed by atoms with Gasteiger partial charge in [-0.05, 0) is 72.5 Å². The summed E-state index contributed by atoms with van der Waals surface area (Å²) < 4.78 is 0. The molecule has 3 saturated carbocycles. The van der Waals surface area contributed by atoms with Gasteiger partial charge in [-0.2, -0.15) is 0 Å². The van der Waals surface area contributed by atoms with Gasteiger partial charge in [0.1, 0.15) is 0 Å². The average Bonchev–Trinajstić information content (AvgIpc) is 2.35. The smallest absolute Gasteiger partial charge is 0.0295 e. The monoisotopic (exact) mass is 276 g/mol. The Balaban J connectivity index is 1.91. The first-order valence-corrected chi connectivity index (χ1v) is 9.34. The van der Waals surface area contributed by atoms with E-state index in [1.54, 1.807) is 0 Å². The molecule has 3 aliphatic carbocycles. The molecule has 0 amide bonds. The van der Waals surface area contributed by atoms with Crippen molar-refractivity contribution in [2.45, 2.75) is 86.0 Å². The summed E-state index contributed by atoms with van der Waals surface area (Å²) in [5.74, 6) is 4.92. The van der Waals surface area contributed by atoms with Crippen LogP contribution in [-0.4, -0.2) is 0 Å². The van der Waals surface area contributed by atoms with Gasteiger partial charge in [-0.15, -0.1) is 0 Å². The van der Waals surface area contributed by atoms with Crippen LogP contribution < -0.4 is 0 Å². The fraction of sp³-hybridized carbons (Fsp3) is 1.00. The third-order valence-electron chi connectivity index (χ3n) is 8.22. The highest BCUT2D eigenvalue weighted by Gasteiger charge is 2.50. The molecule has 0 heterocycles. The summed E-state index contributed by atoms with van der Waals surface area (Å²) in [4.78, 5) is 0. The molecule has 0 spiro atoms. The third-order valence-corrected chi connectivity index (χ3v) is 8.22. The Morgan fingerprint density at radius 2 is 1.45 bits per heavy atom. The number of rotatable bonds is 0. The molecule has 6 unspecified atom stereocenters. The van der Waals surface area contributed by atoms with Crippen LogP contribution in [0.5, 0.6) is 0 Å². The molecule has 6 atom stereocenters. The Kier molecular flexibility index (Phi) is 3.75. The highest BCUT2D eigenvalue weighted by atomic mass is 14.6. The Morgan fingerprint density at radius 3 is 2.20 bits per heavy atom. The molecule has 0 aromatic heterocycles. The van der Waals surface area contributed by atoms with E-state index in [9.17, 15) is 0 Å². The Hall–Kier alpha value is 0. The highest BCUT2D eigenvalue weighted by Crippen LogP contribution is 2.60. The molecule has 0 nitrogen and oxygen atoms in total. The van der Waals surface area contributed by atoms with E-state index in [-0.39, 0.29) is 0 Å². The molecule has 0 saturated heterocycles. The van der Waals surface area contributed by atoms with Gasteiger partial charge in [-0.1, -0.05) is 53.9 Å². The first-order chi connectivity index (χ1) is 9.34. The quantitative estimate of drug-likeness (QED) is 0.487. The SMILES string of the molecule is CC1CCCC2(C)CCC3C(C)CCC(CC12)C3(C)C. The lowest BCUT2D eigenvalue weighted by atomic mass is 9.48. The molecule has 0 aliphatic heterocycles. The molecule has 0 aromatic carbocycles. The number of fused-ring (bicyclic) bond motifs is 3. The van der Waals surface area contributed by atoms with Crippen LogP contribution in [0.15, 0.2) is 0 Å². The maximum Gasteiger partial charge on any atom is -0.0295 e. The highest BCUT2D eigenvalue weighted by molar-refractivity contribution is 5.00. The molecule has 3 aliphatic rings. The molecule has 0 N–H and O–H groups in total. The van der Waals surface area contributed by atoms with Crippen molar-refractivity contribution in [1.82, 2.24) is 0 Å². The van der Waals surface area contributed by atoms with Gasteiger partial charge in [-0.25, -0.2) is 0 Å². The molecular formula is C20H36. The predicted octanol–water partition coefficient (Wildman–Crippen LogP) is 6.30. The normalized spacial score (nSPS) is 51.8. The second-order valence-corrected chi connectivity index (χ2v) is 9.58. The van der Waals surface area contributed by atoms with E-state index in [1.807, 2.05) is 0 Å². The zero-order valence-corrected chi connectivity index (χ0v) is 14.5. The minimum atomic E-state index is 0.593. The molecule has 0 aromatic rings. The van der Waals surface area contributed by atoms with Crippen LogP contribution in [-0.2, 0) is 0 Å². The van der Waals surface area contributed by atoms with Gasteiger partial charge >= 0.3 is 0 Å². The lowest BCUT2D eigenvalue weighted by Gasteiger charge is -2.57. The van der Waals surface area contributed by atoms with E-state index in [4.69, 9.17) is 0 Å². The Morgan fingerprint density at radius 1 is 0.750 bits per heavy atom. The van der Waals surface area contributed by atoms with Crippen LogP contribution in [0.3, 0.4) is 0 Å². The zero-order valence-electron chi connectivity index (χ0n) is 14.5. The van der Waals surface area contributed by atoms with Crippen LogP contribution in [0.2, 0.25) is 0 Å². The van der Waals surface area contributed by atoms with Crippen molar-refractivity contribution in [3.8, 4) is 0 Å². The summed E-state index contributed by atoms with van der Waals surface area (Å²) in [5.41, 5.74) is 1.26. The predicted molar refractivity (Wildman–Crippen MR) is 87.6 cm³/mol. The van der Waals surface area contributed by atoms with Crippen molar-refractivity contribution in [2.24, 2.45) is 40.4 Å². The van der Waals surface area contributed by atoms with Gasteiger partial charge in [0.2, 0.25) is 0 Å². The van der Waals surface area contributed by atoms with E-state index < -0.39 is 0 Å². The second kappa shape index (κ2) is 5.03. The van der Waals surface area contributed by atoms with Gasteiger partial charge in [0.05, 0.1) is 0 Å². The van der Waals surface area contributed by atoms with Gasteiger partial charge in [0, 0.05) is 0 Å². The summed E-state index contributed by atoms with van der Waals surface area (Å²) >= 11 is 0. The Bertz CT molecular complexity index is 355. The minimum Gasteiger partial charge on any atom is -0.0622 e. The fourth-order valence-electron chi connectivity index (χ4n) is 6.67. The van der Waals surface area contributed by atoms with E-state index in [0.29, 0.717) is 10.8 Å². The summed E-state index contributed by atoms with van der Waals surface area (Å²) in [6.45, 7) is 12.9. The van der Waals surface area contributed by atoms with E-state index in [0.717, 1.165) is 29.6 Å². The fourth-order valence-corrected chi connectivity index (χ4v) is 6.67. The molecule has 2 bridgehead atoms. The van der Waals surface area contributed by atoms with Gasteiger partial charge in [0.15, 0.2) is 0 Å². The van der Waals surface area contributed by atoms with Crippen molar-refractivity contribution in [3.63, 3.8) is 0 Å². The molecule has 3 fully saturated rings. The minimum absolute atomic E-state index is 0.593. The topological polar surface area (TPSA) is 0 Å². The summed E-state index contributed by atoms with van der Waals surface area (Å²) in [5, 5.41) is 0. The molecular weight excluding hydrogens is 240 g/mol. The summed E-state index contributed by atoms with van der Waals surface area (Å²) in [7, 11) is 0. The number of hydrogen-bond donors (Lipinski definition) is 0. The van der Waals surface area contributed by atoms with E-state index >= 15 is 0 Å². The maximum atomic E-state index is 2.64. The number of hydrogen-bond acceptors (Lipinski definition) is 0. The van der Waals surface area contributed by atoms with Crippen molar-refractivity contribution in [3.05, 3.63) is 0 Å². The molecule has 0 heteroatoms. The average molecular weight is 277 g/mol. The van der Waals surface area contributed by atoms with Crippen LogP contribution in [0.4, 0.5) is 0 Å². The zero-order chi connectivity index (χ0) is 14.5. The van der Waals surface area contributed by atoms with Crippen molar-refractivity contribution < 1.29 is 0 Å². The van der Waals surface area contributed by atoms with Gasteiger partial charge < -0.3 is 0 Å². The summed E-state index contributed by atoms with van der Waals surface area (Å²) in [6, 6.07) is 0. The molecule has 116 valence electrons. The third kappa shape index (κ3) is 2.26. The second-order valence-electron chi connectivity index (χ2n) is 9.58. The lowest BCUT2D eigenvalue weighted by molar-refractivity contribution is -0.0692. The van der Waals surface area contributed by atoms with Crippen LogP contribution >= 0.6 is 0 Å². The van der Waals surface area contributed by atoms with Crippen LogP contribution in [0.25, 0.3) is 0 Å².